The first-order valence-electron chi connectivity index (χ1n) is 27.4. The highest BCUT2D eigenvalue weighted by Gasteiger charge is 2.19. The third-order valence-corrected chi connectivity index (χ3v) is 12.9. The van der Waals surface area contributed by atoms with Gasteiger partial charge in [0.05, 0.1) is 0 Å². The lowest BCUT2D eigenvalue weighted by atomic mass is 9.99. The summed E-state index contributed by atoms with van der Waals surface area (Å²) in [6.45, 7) is 9.07. The van der Waals surface area contributed by atoms with Crippen LogP contribution in [-0.4, -0.2) is 37.2 Å². The summed E-state index contributed by atoms with van der Waals surface area (Å²) in [5, 5.41) is 0. The van der Waals surface area contributed by atoms with Gasteiger partial charge in [-0.15, -0.1) is 0 Å². The normalized spacial score (nSPS) is 12.4. The van der Waals surface area contributed by atoms with E-state index in [1.165, 1.54) is 205 Å². The molecule has 0 heterocycles. The van der Waals surface area contributed by atoms with Crippen LogP contribution in [-0.2, 0) is 28.6 Å². The number of unbranched alkanes of at least 4 members (excludes halogenated alkanes) is 36. The minimum atomic E-state index is -0.761. The van der Waals surface area contributed by atoms with Crippen LogP contribution in [0.5, 0.6) is 0 Å². The van der Waals surface area contributed by atoms with E-state index < -0.39 is 6.10 Å². The van der Waals surface area contributed by atoms with Crippen molar-refractivity contribution in [3.05, 3.63) is 0 Å². The number of carbonyl (C=O) groups excluding carboxylic acids is 3. The monoisotopic (exact) mass is 863 g/mol. The molecule has 0 radical (unpaired) electrons. The molecule has 0 spiro atoms. The largest absolute Gasteiger partial charge is 0.462 e. The van der Waals surface area contributed by atoms with Crippen LogP contribution in [0.25, 0.3) is 0 Å². The van der Waals surface area contributed by atoms with Crippen molar-refractivity contribution in [2.45, 2.75) is 316 Å². The molecule has 0 bridgehead atoms. The Hall–Kier alpha value is -1.59. The molecule has 0 aromatic carbocycles. The minimum absolute atomic E-state index is 0.0624. The van der Waals surface area contributed by atoms with Crippen molar-refractivity contribution in [3.8, 4) is 0 Å². The molecule has 6 heteroatoms. The molecule has 0 aromatic heterocycles. The number of esters is 3. The van der Waals surface area contributed by atoms with Gasteiger partial charge in [0.25, 0.3) is 0 Å². The van der Waals surface area contributed by atoms with Crippen molar-refractivity contribution in [2.24, 2.45) is 5.92 Å². The molecule has 0 aliphatic rings. The highest BCUT2D eigenvalue weighted by atomic mass is 16.6. The molecule has 0 N–H and O–H groups in total. The summed E-state index contributed by atoms with van der Waals surface area (Å²) < 4.78 is 16.9. The first-order chi connectivity index (χ1) is 29.9. The van der Waals surface area contributed by atoms with E-state index in [0.717, 1.165) is 63.7 Å². The van der Waals surface area contributed by atoms with Gasteiger partial charge in [0.1, 0.15) is 13.2 Å². The number of hydrogen-bond donors (Lipinski definition) is 0. The molecule has 61 heavy (non-hydrogen) atoms. The molecular formula is C55H106O6. The predicted octanol–water partition coefficient (Wildman–Crippen LogP) is 17.8. The molecule has 1 unspecified atom stereocenters. The molecule has 0 saturated carbocycles. The first-order valence-corrected chi connectivity index (χ1v) is 27.4. The predicted molar refractivity (Wildman–Crippen MR) is 261 cm³/mol. The Morgan fingerprint density at radius 3 is 0.852 bits per heavy atom. The van der Waals surface area contributed by atoms with Gasteiger partial charge in [0.2, 0.25) is 0 Å². The fourth-order valence-electron chi connectivity index (χ4n) is 8.36. The Balaban J connectivity index is 4.31. The van der Waals surface area contributed by atoms with E-state index in [4.69, 9.17) is 14.2 Å². The van der Waals surface area contributed by atoms with E-state index in [2.05, 4.69) is 27.7 Å². The van der Waals surface area contributed by atoms with E-state index >= 15 is 0 Å². The Bertz CT molecular complexity index is 920. The zero-order valence-corrected chi connectivity index (χ0v) is 41.6. The smallest absolute Gasteiger partial charge is 0.306 e. The Labute approximate surface area is 380 Å². The highest BCUT2D eigenvalue weighted by molar-refractivity contribution is 5.71. The third kappa shape index (κ3) is 47.7. The second-order valence-electron chi connectivity index (χ2n) is 19.1. The van der Waals surface area contributed by atoms with Gasteiger partial charge in [-0.25, -0.2) is 0 Å². The van der Waals surface area contributed by atoms with Crippen molar-refractivity contribution < 1.29 is 28.6 Å². The molecule has 0 fully saturated rings. The van der Waals surface area contributed by atoms with Crippen LogP contribution in [0, 0.1) is 5.92 Å². The quantitative estimate of drug-likeness (QED) is 0.0344. The van der Waals surface area contributed by atoms with Gasteiger partial charge in [0, 0.05) is 19.3 Å². The van der Waals surface area contributed by atoms with Crippen LogP contribution in [0.15, 0.2) is 0 Å². The molecule has 362 valence electrons. The first kappa shape index (κ1) is 59.4. The maximum Gasteiger partial charge on any atom is 0.306 e. The molecule has 0 saturated heterocycles. The second-order valence-corrected chi connectivity index (χ2v) is 19.1. The zero-order valence-electron chi connectivity index (χ0n) is 41.6. The standard InChI is InChI=1S/C55H106O6/c1-5-8-10-12-14-16-18-20-22-24-26-31-35-39-43-47-54(57)60-50-52(61-55(58)48-44-40-36-32-28-27-29-33-37-41-45-51(4)7-3)49-59-53(56)46-42-38-34-30-25-23-21-19-17-15-13-11-9-6-2/h51-52H,5-50H2,1-4H3/t51?,52-/m1/s1. The van der Waals surface area contributed by atoms with Crippen molar-refractivity contribution >= 4 is 17.9 Å². The van der Waals surface area contributed by atoms with Crippen LogP contribution in [0.1, 0.15) is 310 Å². The summed E-state index contributed by atoms with van der Waals surface area (Å²) in [7, 11) is 0. The van der Waals surface area contributed by atoms with E-state index in [1.54, 1.807) is 0 Å². The molecule has 6 nitrogen and oxygen atoms in total. The highest BCUT2D eigenvalue weighted by Crippen LogP contribution is 2.18. The molecule has 0 rings (SSSR count). The maximum atomic E-state index is 12.8. The third-order valence-electron chi connectivity index (χ3n) is 12.9. The molecule has 2 atom stereocenters. The van der Waals surface area contributed by atoms with Crippen LogP contribution < -0.4 is 0 Å². The van der Waals surface area contributed by atoms with Crippen LogP contribution in [0.2, 0.25) is 0 Å². The summed E-state index contributed by atoms with van der Waals surface area (Å²) >= 11 is 0. The lowest BCUT2D eigenvalue weighted by Crippen LogP contribution is -2.30. The minimum Gasteiger partial charge on any atom is -0.462 e. The van der Waals surface area contributed by atoms with Crippen molar-refractivity contribution in [3.63, 3.8) is 0 Å². The number of ether oxygens (including phenoxy) is 3. The lowest BCUT2D eigenvalue weighted by molar-refractivity contribution is -0.167. The second kappa shape index (κ2) is 49.4. The molecule has 0 aliphatic heterocycles. The number of carbonyl (C=O) groups is 3. The van der Waals surface area contributed by atoms with Gasteiger partial charge in [-0.1, -0.05) is 272 Å². The van der Waals surface area contributed by atoms with Crippen LogP contribution >= 0.6 is 0 Å². The molecule has 0 amide bonds. The van der Waals surface area contributed by atoms with E-state index in [9.17, 15) is 14.4 Å². The fraction of sp³-hybridized carbons (Fsp3) is 0.945. The summed E-state index contributed by atoms with van der Waals surface area (Å²) in [6.07, 6.45) is 52.2. The van der Waals surface area contributed by atoms with Crippen LogP contribution in [0.3, 0.4) is 0 Å². The average molecular weight is 863 g/mol. The Morgan fingerprint density at radius 1 is 0.328 bits per heavy atom. The number of rotatable bonds is 50. The van der Waals surface area contributed by atoms with E-state index in [0.29, 0.717) is 19.3 Å². The van der Waals surface area contributed by atoms with Gasteiger partial charge in [-0.2, -0.15) is 0 Å². The van der Waals surface area contributed by atoms with E-state index in [-0.39, 0.29) is 31.1 Å². The average Bonchev–Trinajstić information content (AvgIpc) is 3.26. The lowest BCUT2D eigenvalue weighted by Gasteiger charge is -2.18. The summed E-state index contributed by atoms with van der Waals surface area (Å²) in [5.41, 5.74) is 0. The topological polar surface area (TPSA) is 78.9 Å². The summed E-state index contributed by atoms with van der Waals surface area (Å²) in [6, 6.07) is 0. The zero-order chi connectivity index (χ0) is 44.5. The van der Waals surface area contributed by atoms with Gasteiger partial charge in [-0.05, 0) is 25.2 Å². The molecule has 0 aliphatic carbocycles. The summed E-state index contributed by atoms with van der Waals surface area (Å²) in [4.78, 5) is 38.0. The fourth-order valence-corrected chi connectivity index (χ4v) is 8.36. The SMILES string of the molecule is CCCCCCCCCCCCCCCCCC(=O)OC[C@@H](COC(=O)CCCCCCCCCCCCCCCC)OC(=O)CCCCCCCCCCCCC(C)CC. The van der Waals surface area contributed by atoms with Gasteiger partial charge >= 0.3 is 17.9 Å². The van der Waals surface area contributed by atoms with Crippen molar-refractivity contribution in [2.75, 3.05) is 13.2 Å². The maximum absolute atomic E-state index is 12.8. The summed E-state index contributed by atoms with van der Waals surface area (Å²) in [5.74, 6) is 0.0276. The Kier molecular flexibility index (Phi) is 48.1. The molecule has 0 aromatic rings. The van der Waals surface area contributed by atoms with E-state index in [1.807, 2.05) is 0 Å². The Morgan fingerprint density at radius 2 is 0.574 bits per heavy atom. The number of hydrogen-bond acceptors (Lipinski definition) is 6. The van der Waals surface area contributed by atoms with Crippen LogP contribution in [0.4, 0.5) is 0 Å². The van der Waals surface area contributed by atoms with Crippen molar-refractivity contribution in [1.82, 2.24) is 0 Å². The van der Waals surface area contributed by atoms with Crippen molar-refractivity contribution in [1.29, 1.82) is 0 Å². The molecular weight excluding hydrogens is 757 g/mol. The van der Waals surface area contributed by atoms with Gasteiger partial charge < -0.3 is 14.2 Å². The van der Waals surface area contributed by atoms with Gasteiger partial charge in [0.15, 0.2) is 6.10 Å². The van der Waals surface area contributed by atoms with Gasteiger partial charge in [-0.3, -0.25) is 14.4 Å².